The summed E-state index contributed by atoms with van der Waals surface area (Å²) in [7, 11) is 0. The van der Waals surface area contributed by atoms with E-state index in [1.54, 1.807) is 0 Å². The van der Waals surface area contributed by atoms with Gasteiger partial charge in [0.1, 0.15) is 11.4 Å². The van der Waals surface area contributed by atoms with E-state index >= 15 is 0 Å². The fourth-order valence-electron chi connectivity index (χ4n) is 5.44. The number of fused-ring (bicyclic) bond motifs is 7. The molecule has 4 atom stereocenters. The summed E-state index contributed by atoms with van der Waals surface area (Å²) in [5.41, 5.74) is 2.24. The lowest BCUT2D eigenvalue weighted by molar-refractivity contribution is -0.0260. The van der Waals surface area contributed by atoms with Crippen LogP contribution in [0.5, 0.6) is 5.75 Å². The van der Waals surface area contributed by atoms with Gasteiger partial charge in [0.25, 0.3) is 0 Å². The van der Waals surface area contributed by atoms with E-state index in [0.717, 1.165) is 11.3 Å². The molecule has 3 aliphatic rings. The molecule has 1 heterocycles. The summed E-state index contributed by atoms with van der Waals surface area (Å²) < 4.78 is 6.47. The van der Waals surface area contributed by atoms with Gasteiger partial charge in [-0.3, -0.25) is 4.79 Å². The zero-order valence-corrected chi connectivity index (χ0v) is 14.4. The Morgan fingerprint density at radius 2 is 2.14 bits per heavy atom. The summed E-state index contributed by atoms with van der Waals surface area (Å²) in [6.07, 6.45) is 3.78. The van der Waals surface area contributed by atoms with Crippen molar-refractivity contribution in [3.8, 4) is 5.75 Å². The van der Waals surface area contributed by atoms with E-state index in [1.807, 2.05) is 12.1 Å². The molecule has 2 aliphatic carbocycles. The molecule has 2 nitrogen and oxygen atoms in total. The number of Topliss-reactive ketones (excluding diaryl/α,β-unsaturated/α-hetero) is 1. The molecule has 2 saturated carbocycles. The fraction of sp³-hybridized carbons (Fsp3) is 0.611. The average Bonchev–Trinajstić information content (AvgIpc) is 3.03. The van der Waals surface area contributed by atoms with Crippen LogP contribution in [0.1, 0.15) is 56.0 Å². The molecule has 2 fully saturated rings. The Hall–Kier alpha value is -0.830. The Morgan fingerprint density at radius 1 is 1.38 bits per heavy atom. The Labute approximate surface area is 134 Å². The molecular weight excluding hydrogens is 328 g/mol. The van der Waals surface area contributed by atoms with Crippen molar-refractivity contribution in [2.45, 2.75) is 51.0 Å². The molecule has 0 aromatic heterocycles. The molecule has 0 saturated heterocycles. The third-order valence-corrected chi connectivity index (χ3v) is 7.51. The molecule has 1 aromatic carbocycles. The van der Waals surface area contributed by atoms with Gasteiger partial charge in [-0.1, -0.05) is 29.8 Å². The zero-order valence-electron chi connectivity index (χ0n) is 12.8. The third-order valence-electron chi connectivity index (χ3n) is 7.00. The summed E-state index contributed by atoms with van der Waals surface area (Å²) in [5, 5.41) is 0.376. The Morgan fingerprint density at radius 3 is 2.86 bits per heavy atom. The van der Waals surface area contributed by atoms with Crippen molar-refractivity contribution in [3.63, 3.8) is 0 Å². The first-order valence-corrected chi connectivity index (χ1v) is 8.90. The number of halogens is 1. The highest BCUT2D eigenvalue weighted by Crippen LogP contribution is 2.73. The van der Waals surface area contributed by atoms with Crippen molar-refractivity contribution >= 4 is 21.7 Å². The summed E-state index contributed by atoms with van der Waals surface area (Å²) in [6.45, 7) is 7.06. The molecule has 0 N–H and O–H groups in total. The van der Waals surface area contributed by atoms with Crippen molar-refractivity contribution in [2.24, 2.45) is 11.3 Å². The molecular formula is C18H21BrO2. The van der Waals surface area contributed by atoms with Crippen LogP contribution in [-0.2, 0) is 5.41 Å². The lowest BCUT2D eigenvalue weighted by Gasteiger charge is -2.48. The quantitative estimate of drug-likeness (QED) is 0.581. The monoisotopic (exact) mass is 348 g/mol. The second-order valence-corrected chi connectivity index (χ2v) is 8.16. The van der Waals surface area contributed by atoms with Gasteiger partial charge < -0.3 is 4.74 Å². The van der Waals surface area contributed by atoms with Crippen LogP contribution in [0, 0.1) is 11.3 Å². The van der Waals surface area contributed by atoms with E-state index in [1.165, 1.54) is 24.8 Å². The smallest absolute Gasteiger partial charge is 0.173 e. The lowest BCUT2D eigenvalue weighted by Crippen LogP contribution is -2.54. The van der Waals surface area contributed by atoms with Crippen molar-refractivity contribution in [3.05, 3.63) is 29.3 Å². The van der Waals surface area contributed by atoms with Gasteiger partial charge in [0.05, 0.1) is 5.33 Å². The van der Waals surface area contributed by atoms with Crippen LogP contribution in [0.2, 0.25) is 0 Å². The number of rotatable bonds is 2. The minimum absolute atomic E-state index is 0.0147. The standard InChI is InChI=1S/C18H21BrO2/c1-16-7-6-12(9-16)18(3)17(16,2)13-8-11(14(20)10-19)4-5-15(13)21-18/h4-5,8,12H,6-7,9-10H2,1-3H3. The van der Waals surface area contributed by atoms with Crippen molar-refractivity contribution < 1.29 is 9.53 Å². The lowest BCUT2D eigenvalue weighted by atomic mass is 9.56. The second-order valence-electron chi connectivity index (χ2n) is 7.60. The van der Waals surface area contributed by atoms with Crippen LogP contribution < -0.4 is 4.74 Å². The van der Waals surface area contributed by atoms with E-state index in [4.69, 9.17) is 4.74 Å². The summed E-state index contributed by atoms with van der Waals surface area (Å²) in [4.78, 5) is 12.0. The zero-order chi connectivity index (χ0) is 15.0. The van der Waals surface area contributed by atoms with Crippen LogP contribution >= 0.6 is 15.9 Å². The van der Waals surface area contributed by atoms with Gasteiger partial charge in [-0.25, -0.2) is 0 Å². The maximum atomic E-state index is 12.0. The Balaban J connectivity index is 1.92. The van der Waals surface area contributed by atoms with Crippen LogP contribution in [0.25, 0.3) is 0 Å². The summed E-state index contributed by atoms with van der Waals surface area (Å²) >= 11 is 3.27. The number of hydrogen-bond acceptors (Lipinski definition) is 2. The molecule has 1 aliphatic heterocycles. The first-order valence-electron chi connectivity index (χ1n) is 7.78. The predicted molar refractivity (Wildman–Crippen MR) is 86.4 cm³/mol. The van der Waals surface area contributed by atoms with Gasteiger partial charge >= 0.3 is 0 Å². The van der Waals surface area contributed by atoms with Gasteiger partial charge in [-0.15, -0.1) is 0 Å². The third kappa shape index (κ3) is 1.37. The van der Waals surface area contributed by atoms with Gasteiger partial charge in [-0.05, 0) is 55.7 Å². The van der Waals surface area contributed by atoms with Gasteiger partial charge in [0.15, 0.2) is 5.78 Å². The number of benzene rings is 1. The van der Waals surface area contributed by atoms with Gasteiger partial charge in [0.2, 0.25) is 0 Å². The van der Waals surface area contributed by atoms with Crippen molar-refractivity contribution in [1.29, 1.82) is 0 Å². The van der Waals surface area contributed by atoms with E-state index < -0.39 is 0 Å². The molecule has 2 bridgehead atoms. The highest BCUT2D eigenvalue weighted by atomic mass is 79.9. The van der Waals surface area contributed by atoms with Crippen molar-refractivity contribution in [2.75, 3.05) is 5.33 Å². The van der Waals surface area contributed by atoms with Crippen LogP contribution in [0.3, 0.4) is 0 Å². The van der Waals surface area contributed by atoms with Gasteiger partial charge in [-0.2, -0.15) is 0 Å². The number of ketones is 1. The normalized spacial score (nSPS) is 42.6. The van der Waals surface area contributed by atoms with E-state index in [0.29, 0.717) is 11.2 Å². The number of alkyl halides is 1. The first-order chi connectivity index (χ1) is 9.86. The molecule has 0 amide bonds. The Kier molecular flexibility index (Phi) is 2.58. The maximum absolute atomic E-state index is 12.0. The van der Waals surface area contributed by atoms with Crippen LogP contribution in [-0.4, -0.2) is 16.7 Å². The maximum Gasteiger partial charge on any atom is 0.173 e. The number of hydrogen-bond donors (Lipinski definition) is 0. The number of carbonyl (C=O) groups is 1. The predicted octanol–water partition coefficient (Wildman–Crippen LogP) is 4.49. The molecule has 112 valence electrons. The molecule has 0 radical (unpaired) electrons. The number of carbonyl (C=O) groups excluding carboxylic acids is 1. The number of ether oxygens (including phenoxy) is 1. The average molecular weight is 349 g/mol. The topological polar surface area (TPSA) is 26.3 Å². The van der Waals surface area contributed by atoms with Gasteiger partial charge in [0, 0.05) is 16.5 Å². The van der Waals surface area contributed by atoms with E-state index in [2.05, 4.69) is 42.8 Å². The molecule has 0 spiro atoms. The SMILES string of the molecule is CC12CCC(C1)C1(C)Oc3ccc(C(=O)CBr)cc3C21C. The largest absolute Gasteiger partial charge is 0.486 e. The molecule has 4 rings (SSSR count). The molecule has 21 heavy (non-hydrogen) atoms. The van der Waals surface area contributed by atoms with E-state index in [-0.39, 0.29) is 22.2 Å². The minimum Gasteiger partial charge on any atom is -0.486 e. The minimum atomic E-state index is -0.113. The molecule has 4 unspecified atom stereocenters. The van der Waals surface area contributed by atoms with Crippen molar-refractivity contribution in [1.82, 2.24) is 0 Å². The first kappa shape index (κ1) is 13.8. The molecule has 1 aromatic rings. The van der Waals surface area contributed by atoms with Crippen LogP contribution in [0.15, 0.2) is 18.2 Å². The van der Waals surface area contributed by atoms with Crippen LogP contribution in [0.4, 0.5) is 0 Å². The summed E-state index contributed by atoms with van der Waals surface area (Å²) in [5.74, 6) is 1.77. The second kappa shape index (κ2) is 3.92. The fourth-order valence-corrected chi connectivity index (χ4v) is 5.76. The highest BCUT2D eigenvalue weighted by Gasteiger charge is 2.73. The highest BCUT2D eigenvalue weighted by molar-refractivity contribution is 9.09. The van der Waals surface area contributed by atoms with E-state index in [9.17, 15) is 4.79 Å². The Bertz CT molecular complexity index is 655. The summed E-state index contributed by atoms with van der Waals surface area (Å²) in [6, 6.07) is 6.00. The molecule has 3 heteroatoms.